The molecule has 1 aromatic carbocycles. The number of ether oxygens (including phenoxy) is 1. The highest BCUT2D eigenvalue weighted by molar-refractivity contribution is 5.93. The second-order valence-corrected chi connectivity index (χ2v) is 5.23. The van der Waals surface area contributed by atoms with E-state index in [0.717, 1.165) is 6.07 Å². The van der Waals surface area contributed by atoms with E-state index in [-0.39, 0.29) is 24.4 Å². The first-order chi connectivity index (χ1) is 11.3. The van der Waals surface area contributed by atoms with Gasteiger partial charge in [-0.25, -0.2) is 4.39 Å². The average molecular weight is 348 g/mol. The van der Waals surface area contributed by atoms with Gasteiger partial charge in [0.05, 0.1) is 18.8 Å². The summed E-state index contributed by atoms with van der Waals surface area (Å²) in [6.45, 7) is 1.78. The number of halogens is 4. The normalized spacial score (nSPS) is 15.2. The van der Waals surface area contributed by atoms with Gasteiger partial charge in [0.1, 0.15) is 5.82 Å². The van der Waals surface area contributed by atoms with Crippen LogP contribution in [0.25, 0.3) is 0 Å². The van der Waals surface area contributed by atoms with Crippen molar-refractivity contribution in [3.05, 3.63) is 29.6 Å². The minimum atomic E-state index is -4.85. The van der Waals surface area contributed by atoms with Crippen molar-refractivity contribution in [2.24, 2.45) is 0 Å². The molecule has 24 heavy (non-hydrogen) atoms. The first-order valence-corrected chi connectivity index (χ1v) is 7.29. The minimum absolute atomic E-state index is 0.0564. The van der Waals surface area contributed by atoms with Gasteiger partial charge in [-0.15, -0.1) is 0 Å². The molecule has 0 radical (unpaired) electrons. The molecule has 1 saturated heterocycles. The smallest absolute Gasteiger partial charge is 0.378 e. The van der Waals surface area contributed by atoms with Gasteiger partial charge >= 0.3 is 6.18 Å². The third-order valence-electron chi connectivity index (χ3n) is 3.49. The number of nitrogens with one attached hydrogen (secondary N) is 1. The van der Waals surface area contributed by atoms with Gasteiger partial charge < -0.3 is 15.0 Å². The highest BCUT2D eigenvalue weighted by Crippen LogP contribution is 2.33. The zero-order chi connectivity index (χ0) is 17.7. The molecule has 0 spiro atoms. The Bertz CT molecular complexity index is 613. The summed E-state index contributed by atoms with van der Waals surface area (Å²) in [5.74, 6) is -2.25. The molecule has 1 aliphatic heterocycles. The second-order valence-electron chi connectivity index (χ2n) is 5.23. The topological polar surface area (TPSA) is 58.6 Å². The molecule has 0 aromatic heterocycles. The molecule has 1 heterocycles. The minimum Gasteiger partial charge on any atom is -0.378 e. The zero-order valence-corrected chi connectivity index (χ0v) is 12.7. The maximum absolute atomic E-state index is 13.2. The van der Waals surface area contributed by atoms with Crippen LogP contribution in [0.3, 0.4) is 0 Å². The van der Waals surface area contributed by atoms with Crippen molar-refractivity contribution < 1.29 is 31.9 Å². The van der Waals surface area contributed by atoms with Gasteiger partial charge in [-0.2, -0.15) is 13.2 Å². The molecule has 1 aliphatic rings. The van der Waals surface area contributed by atoms with Gasteiger partial charge in [0.2, 0.25) is 11.8 Å². The summed E-state index contributed by atoms with van der Waals surface area (Å²) in [4.78, 5) is 25.2. The van der Waals surface area contributed by atoms with Gasteiger partial charge in [-0.1, -0.05) is 0 Å². The highest BCUT2D eigenvalue weighted by atomic mass is 19.4. The summed E-state index contributed by atoms with van der Waals surface area (Å²) in [5, 5.41) is 2.24. The van der Waals surface area contributed by atoms with Gasteiger partial charge in [0, 0.05) is 31.6 Å². The maximum Gasteiger partial charge on any atom is 0.419 e. The number of rotatable bonds is 4. The number of hydrogen-bond acceptors (Lipinski definition) is 3. The molecule has 2 amide bonds. The van der Waals surface area contributed by atoms with Crippen molar-refractivity contribution in [1.29, 1.82) is 0 Å². The number of anilines is 1. The molecular weight excluding hydrogens is 332 g/mol. The lowest BCUT2D eigenvalue weighted by Gasteiger charge is -2.26. The van der Waals surface area contributed by atoms with Crippen molar-refractivity contribution in [1.82, 2.24) is 4.90 Å². The first-order valence-electron chi connectivity index (χ1n) is 7.29. The lowest BCUT2D eigenvalue weighted by molar-refractivity contribution is -0.140. The van der Waals surface area contributed by atoms with Gasteiger partial charge in [0.25, 0.3) is 0 Å². The van der Waals surface area contributed by atoms with E-state index in [1.54, 1.807) is 4.90 Å². The van der Waals surface area contributed by atoms with E-state index >= 15 is 0 Å². The summed E-state index contributed by atoms with van der Waals surface area (Å²) in [6.07, 6.45) is -5.08. The van der Waals surface area contributed by atoms with Crippen molar-refractivity contribution >= 4 is 17.5 Å². The number of amides is 2. The molecular formula is C15H16F4N2O3. The number of benzene rings is 1. The molecule has 0 saturated carbocycles. The van der Waals surface area contributed by atoms with Crippen LogP contribution in [0.4, 0.5) is 23.2 Å². The lowest BCUT2D eigenvalue weighted by atomic mass is 10.1. The summed E-state index contributed by atoms with van der Waals surface area (Å²) in [6, 6.07) is 2.20. The molecule has 5 nitrogen and oxygen atoms in total. The molecule has 0 bridgehead atoms. The molecule has 0 aliphatic carbocycles. The van der Waals surface area contributed by atoms with Crippen molar-refractivity contribution in [3.8, 4) is 0 Å². The standard InChI is InChI=1S/C15H16F4N2O3/c16-12-2-1-10(9-11(12)15(17,18)19)20-13(22)3-4-14(23)21-5-7-24-8-6-21/h1-2,9H,3-8H2,(H,20,22). The Labute approximate surface area is 135 Å². The molecule has 2 rings (SSSR count). The van der Waals surface area contributed by atoms with Crippen molar-refractivity contribution in [3.63, 3.8) is 0 Å². The fourth-order valence-corrected chi connectivity index (χ4v) is 2.24. The number of morpholine rings is 1. The van der Waals surface area contributed by atoms with Crippen LogP contribution in [0.1, 0.15) is 18.4 Å². The number of alkyl halides is 3. The van der Waals surface area contributed by atoms with E-state index in [4.69, 9.17) is 4.74 Å². The van der Waals surface area contributed by atoms with Gasteiger partial charge in [0.15, 0.2) is 0 Å². The number of carbonyl (C=O) groups excluding carboxylic acids is 2. The Kier molecular flexibility index (Phi) is 5.76. The number of carbonyl (C=O) groups is 2. The monoisotopic (exact) mass is 348 g/mol. The molecule has 1 N–H and O–H groups in total. The molecule has 9 heteroatoms. The van der Waals surface area contributed by atoms with E-state index < -0.39 is 23.5 Å². The van der Waals surface area contributed by atoms with Crippen LogP contribution in [0.5, 0.6) is 0 Å². The van der Waals surface area contributed by atoms with E-state index in [2.05, 4.69) is 5.32 Å². The van der Waals surface area contributed by atoms with E-state index in [1.165, 1.54) is 0 Å². The fraction of sp³-hybridized carbons (Fsp3) is 0.467. The van der Waals surface area contributed by atoms with Crippen LogP contribution in [-0.2, 0) is 20.5 Å². The van der Waals surface area contributed by atoms with E-state index in [1.807, 2.05) is 0 Å². The molecule has 1 aromatic rings. The van der Waals surface area contributed by atoms with Crippen LogP contribution in [0, 0.1) is 5.82 Å². The predicted octanol–water partition coefficient (Wildman–Crippen LogP) is 2.42. The highest BCUT2D eigenvalue weighted by Gasteiger charge is 2.34. The van der Waals surface area contributed by atoms with Crippen LogP contribution in [0.15, 0.2) is 18.2 Å². The third-order valence-corrected chi connectivity index (χ3v) is 3.49. The average Bonchev–Trinajstić information content (AvgIpc) is 2.54. The molecule has 0 unspecified atom stereocenters. The lowest BCUT2D eigenvalue weighted by Crippen LogP contribution is -2.40. The molecule has 132 valence electrons. The summed E-state index contributed by atoms with van der Waals surface area (Å²) in [7, 11) is 0. The Morgan fingerprint density at radius 2 is 1.83 bits per heavy atom. The Hall–Kier alpha value is -2.16. The van der Waals surface area contributed by atoms with Gasteiger partial charge in [-0.05, 0) is 18.2 Å². The largest absolute Gasteiger partial charge is 0.419 e. The third kappa shape index (κ3) is 4.92. The van der Waals surface area contributed by atoms with Crippen LogP contribution in [0.2, 0.25) is 0 Å². The Balaban J connectivity index is 1.89. The van der Waals surface area contributed by atoms with Gasteiger partial charge in [-0.3, -0.25) is 9.59 Å². The number of nitrogens with zero attached hydrogens (tertiary/aromatic N) is 1. The van der Waals surface area contributed by atoms with Crippen LogP contribution >= 0.6 is 0 Å². The van der Waals surface area contributed by atoms with Crippen molar-refractivity contribution in [2.45, 2.75) is 19.0 Å². The SMILES string of the molecule is O=C(CCC(=O)N1CCOCC1)Nc1ccc(F)c(C(F)(F)F)c1. The van der Waals surface area contributed by atoms with E-state index in [0.29, 0.717) is 38.4 Å². The first kappa shape index (κ1) is 18.2. The zero-order valence-electron chi connectivity index (χ0n) is 12.7. The Morgan fingerprint density at radius 3 is 2.46 bits per heavy atom. The Morgan fingerprint density at radius 1 is 1.17 bits per heavy atom. The quantitative estimate of drug-likeness (QED) is 0.851. The van der Waals surface area contributed by atoms with E-state index in [9.17, 15) is 27.2 Å². The maximum atomic E-state index is 13.2. The number of hydrogen-bond donors (Lipinski definition) is 1. The summed E-state index contributed by atoms with van der Waals surface area (Å²) < 4.78 is 56.1. The predicted molar refractivity (Wildman–Crippen MR) is 76.7 cm³/mol. The summed E-state index contributed by atoms with van der Waals surface area (Å²) in [5.41, 5.74) is -1.63. The molecule has 1 fully saturated rings. The van der Waals surface area contributed by atoms with Crippen LogP contribution in [-0.4, -0.2) is 43.0 Å². The molecule has 0 atom stereocenters. The van der Waals surface area contributed by atoms with Crippen LogP contribution < -0.4 is 5.32 Å². The summed E-state index contributed by atoms with van der Waals surface area (Å²) >= 11 is 0. The fourth-order valence-electron chi connectivity index (χ4n) is 2.24. The second kappa shape index (κ2) is 7.61. The van der Waals surface area contributed by atoms with Crippen molar-refractivity contribution in [2.75, 3.05) is 31.6 Å².